The van der Waals surface area contributed by atoms with Crippen molar-refractivity contribution in [3.05, 3.63) is 51.4 Å². The van der Waals surface area contributed by atoms with Gasteiger partial charge >= 0.3 is 0 Å². The van der Waals surface area contributed by atoms with Gasteiger partial charge in [0.05, 0.1) is 11.8 Å². The Balaban J connectivity index is 2.35. The van der Waals surface area contributed by atoms with E-state index in [1.54, 1.807) is 18.2 Å². The summed E-state index contributed by atoms with van der Waals surface area (Å²) in [4.78, 5) is 4.19. The van der Waals surface area contributed by atoms with E-state index >= 15 is 0 Å². The molecule has 0 radical (unpaired) electrons. The quantitative estimate of drug-likeness (QED) is 0.630. The normalized spacial score (nSPS) is 10.7. The minimum atomic E-state index is 0.196. The topological polar surface area (TPSA) is 54.0 Å². The molecule has 0 aliphatic rings. The van der Waals surface area contributed by atoms with E-state index in [4.69, 9.17) is 40.1 Å². The molecule has 20 heavy (non-hydrogen) atoms. The first-order valence-electron chi connectivity index (χ1n) is 5.50. The lowest BCUT2D eigenvalue weighted by atomic mass is 10.1. The van der Waals surface area contributed by atoms with Gasteiger partial charge in [0.2, 0.25) is 0 Å². The number of nitriles is 1. The number of hydrogen-bond donors (Lipinski definition) is 0. The maximum Gasteiger partial charge on any atom is 0.176 e. The molecule has 0 fully saturated rings. The maximum atomic E-state index is 8.98. The fourth-order valence-electron chi connectivity index (χ4n) is 1.89. The molecule has 2 heterocycles. The Bertz CT molecular complexity index is 864. The molecule has 0 spiro atoms. The highest BCUT2D eigenvalue weighted by molar-refractivity contribution is 6.38. The van der Waals surface area contributed by atoms with Gasteiger partial charge < -0.3 is 0 Å². The minimum Gasteiger partial charge on any atom is -0.215 e. The predicted molar refractivity (Wildman–Crippen MR) is 78.2 cm³/mol. The SMILES string of the molecule is N#Cc1cnn2c(Cl)c(-c3cccc(Cl)c3)c(Cl)nc12. The third kappa shape index (κ3) is 2.01. The Morgan fingerprint density at radius 1 is 1.20 bits per heavy atom. The molecule has 0 N–H and O–H groups in total. The van der Waals surface area contributed by atoms with Crippen LogP contribution in [0.2, 0.25) is 15.3 Å². The second-order valence-corrected chi connectivity index (χ2v) is 5.14. The van der Waals surface area contributed by atoms with Crippen molar-refractivity contribution in [3.63, 3.8) is 0 Å². The lowest BCUT2D eigenvalue weighted by molar-refractivity contribution is 0.942. The summed E-state index contributed by atoms with van der Waals surface area (Å²) in [6, 6.07) is 9.08. The van der Waals surface area contributed by atoms with Crippen LogP contribution < -0.4 is 0 Å². The molecule has 0 aliphatic carbocycles. The van der Waals surface area contributed by atoms with Crippen LogP contribution in [0.1, 0.15) is 5.56 Å². The second kappa shape index (κ2) is 4.95. The summed E-state index contributed by atoms with van der Waals surface area (Å²) in [7, 11) is 0. The van der Waals surface area contributed by atoms with E-state index in [1.807, 2.05) is 12.1 Å². The minimum absolute atomic E-state index is 0.196. The van der Waals surface area contributed by atoms with Crippen LogP contribution in [-0.2, 0) is 0 Å². The molecular weight excluding hydrogens is 319 g/mol. The van der Waals surface area contributed by atoms with Crippen molar-refractivity contribution in [2.75, 3.05) is 0 Å². The van der Waals surface area contributed by atoms with Crippen molar-refractivity contribution >= 4 is 40.4 Å². The summed E-state index contributed by atoms with van der Waals surface area (Å²) in [5.74, 6) is 0. The zero-order valence-electron chi connectivity index (χ0n) is 9.81. The van der Waals surface area contributed by atoms with Crippen LogP contribution in [0.25, 0.3) is 16.8 Å². The zero-order chi connectivity index (χ0) is 14.3. The molecule has 0 saturated heterocycles. The first kappa shape index (κ1) is 13.2. The number of halogens is 3. The fraction of sp³-hybridized carbons (Fsp3) is 0. The average molecular weight is 324 g/mol. The molecule has 0 unspecified atom stereocenters. The second-order valence-electron chi connectivity index (χ2n) is 3.98. The zero-order valence-corrected chi connectivity index (χ0v) is 12.1. The molecule has 98 valence electrons. The molecule has 0 aliphatic heterocycles. The van der Waals surface area contributed by atoms with Crippen LogP contribution in [0.15, 0.2) is 30.5 Å². The van der Waals surface area contributed by atoms with Gasteiger partial charge in [-0.1, -0.05) is 46.9 Å². The standard InChI is InChI=1S/C13H5Cl3N4/c14-9-3-1-2-7(4-9)10-11(15)19-13-8(5-17)6-18-20(13)12(10)16/h1-4,6H. The molecule has 1 aromatic carbocycles. The van der Waals surface area contributed by atoms with Crippen molar-refractivity contribution in [1.82, 2.24) is 14.6 Å². The molecule has 7 heteroatoms. The summed E-state index contributed by atoms with van der Waals surface area (Å²) in [6.07, 6.45) is 1.40. The Hall–Kier alpha value is -1.80. The smallest absolute Gasteiger partial charge is 0.176 e. The third-order valence-corrected chi connectivity index (χ3v) is 3.64. The highest BCUT2D eigenvalue weighted by Crippen LogP contribution is 2.35. The fourth-order valence-corrected chi connectivity index (χ4v) is 2.73. The first-order chi connectivity index (χ1) is 9.61. The average Bonchev–Trinajstić information content (AvgIpc) is 2.82. The van der Waals surface area contributed by atoms with Gasteiger partial charge in [-0.05, 0) is 17.7 Å². The van der Waals surface area contributed by atoms with Gasteiger partial charge in [0, 0.05) is 5.02 Å². The van der Waals surface area contributed by atoms with E-state index in [0.29, 0.717) is 21.8 Å². The Kier molecular flexibility index (Phi) is 3.27. The molecule has 0 atom stereocenters. The maximum absolute atomic E-state index is 8.98. The van der Waals surface area contributed by atoms with Crippen LogP contribution in [0.3, 0.4) is 0 Å². The molecule has 3 rings (SSSR count). The van der Waals surface area contributed by atoms with Gasteiger partial charge in [-0.2, -0.15) is 10.4 Å². The molecule has 4 nitrogen and oxygen atoms in total. The molecule has 0 saturated carbocycles. The van der Waals surface area contributed by atoms with Gasteiger partial charge in [0.1, 0.15) is 21.9 Å². The Morgan fingerprint density at radius 2 is 2.00 bits per heavy atom. The first-order valence-corrected chi connectivity index (χ1v) is 6.64. The number of hydrogen-bond acceptors (Lipinski definition) is 3. The van der Waals surface area contributed by atoms with Gasteiger partial charge in [0.15, 0.2) is 5.65 Å². The van der Waals surface area contributed by atoms with E-state index in [0.717, 1.165) is 5.56 Å². The summed E-state index contributed by atoms with van der Waals surface area (Å²) in [6.45, 7) is 0. The highest BCUT2D eigenvalue weighted by atomic mass is 35.5. The van der Waals surface area contributed by atoms with Gasteiger partial charge in [-0.3, -0.25) is 0 Å². The monoisotopic (exact) mass is 322 g/mol. The summed E-state index contributed by atoms with van der Waals surface area (Å²) in [5.41, 5.74) is 1.89. The van der Waals surface area contributed by atoms with Crippen molar-refractivity contribution in [2.24, 2.45) is 0 Å². The Labute approximate surface area is 129 Å². The number of benzene rings is 1. The van der Waals surface area contributed by atoms with E-state index in [2.05, 4.69) is 10.1 Å². The predicted octanol–water partition coefficient (Wildman–Crippen LogP) is 4.23. The molecule has 0 amide bonds. The van der Waals surface area contributed by atoms with Gasteiger partial charge in [0.25, 0.3) is 0 Å². The number of rotatable bonds is 1. The summed E-state index contributed by atoms with van der Waals surface area (Å²) < 4.78 is 1.38. The van der Waals surface area contributed by atoms with Crippen LogP contribution in [-0.4, -0.2) is 14.6 Å². The van der Waals surface area contributed by atoms with Crippen molar-refractivity contribution < 1.29 is 0 Å². The van der Waals surface area contributed by atoms with Crippen LogP contribution in [0, 0.1) is 11.3 Å². The van der Waals surface area contributed by atoms with E-state index < -0.39 is 0 Å². The number of fused-ring (bicyclic) bond motifs is 1. The third-order valence-electron chi connectivity index (χ3n) is 2.78. The highest BCUT2D eigenvalue weighted by Gasteiger charge is 2.17. The number of nitrogens with zero attached hydrogens (tertiary/aromatic N) is 4. The van der Waals surface area contributed by atoms with Crippen molar-refractivity contribution in [2.45, 2.75) is 0 Å². The summed E-state index contributed by atoms with van der Waals surface area (Å²) in [5, 5.41) is 14.1. The lowest BCUT2D eigenvalue weighted by Crippen LogP contribution is -1.97. The van der Waals surface area contributed by atoms with Crippen molar-refractivity contribution in [1.29, 1.82) is 5.26 Å². The molecule has 3 aromatic rings. The van der Waals surface area contributed by atoms with Crippen molar-refractivity contribution in [3.8, 4) is 17.2 Å². The number of aromatic nitrogens is 3. The van der Waals surface area contributed by atoms with E-state index in [-0.39, 0.29) is 10.3 Å². The largest absolute Gasteiger partial charge is 0.215 e. The van der Waals surface area contributed by atoms with E-state index in [1.165, 1.54) is 10.7 Å². The van der Waals surface area contributed by atoms with Gasteiger partial charge in [-0.25, -0.2) is 9.50 Å². The van der Waals surface area contributed by atoms with Crippen LogP contribution in [0.4, 0.5) is 0 Å². The van der Waals surface area contributed by atoms with Gasteiger partial charge in [-0.15, -0.1) is 0 Å². The van der Waals surface area contributed by atoms with Crippen LogP contribution >= 0.6 is 34.8 Å². The molecule has 0 bridgehead atoms. The summed E-state index contributed by atoms with van der Waals surface area (Å²) >= 11 is 18.5. The Morgan fingerprint density at radius 3 is 2.70 bits per heavy atom. The molecular formula is C13H5Cl3N4. The lowest BCUT2D eigenvalue weighted by Gasteiger charge is -2.08. The van der Waals surface area contributed by atoms with E-state index in [9.17, 15) is 0 Å². The van der Waals surface area contributed by atoms with Crippen LogP contribution in [0.5, 0.6) is 0 Å². The molecule has 2 aromatic heterocycles.